The van der Waals surface area contributed by atoms with E-state index in [2.05, 4.69) is 30.7 Å². The molecule has 4 rings (SSSR count). The van der Waals surface area contributed by atoms with Crippen LogP contribution in [0.3, 0.4) is 0 Å². The number of nitrogens with one attached hydrogen (secondary N) is 2. The van der Waals surface area contributed by atoms with Gasteiger partial charge in [0.25, 0.3) is 0 Å². The maximum absolute atomic E-state index is 4.63. The van der Waals surface area contributed by atoms with Gasteiger partial charge >= 0.3 is 0 Å². The summed E-state index contributed by atoms with van der Waals surface area (Å²) in [5.41, 5.74) is 1.79. The lowest BCUT2D eigenvalue weighted by Gasteiger charge is -2.24. The molecule has 7 heteroatoms. The standard InChI is InChI=1S/C15H17N7/c1-2-11(8-16-4-1)20-14-3-5-18-15(21-14)12-9-19-22-7-6-17-10-13(12)22/h3,5-7,9-11,16H,1-2,4,8H2,(H,18,20,21)/t11-/m1/s1. The van der Waals surface area contributed by atoms with Crippen molar-refractivity contribution in [3.63, 3.8) is 0 Å². The highest BCUT2D eigenvalue weighted by atomic mass is 15.2. The van der Waals surface area contributed by atoms with Crippen LogP contribution in [0, 0.1) is 0 Å². The second kappa shape index (κ2) is 5.69. The summed E-state index contributed by atoms with van der Waals surface area (Å²) >= 11 is 0. The molecule has 0 unspecified atom stereocenters. The number of fused-ring (bicyclic) bond motifs is 1. The number of anilines is 1. The quantitative estimate of drug-likeness (QED) is 0.759. The Labute approximate surface area is 127 Å². The normalized spacial score (nSPS) is 18.5. The van der Waals surface area contributed by atoms with Crippen LogP contribution in [0.1, 0.15) is 12.8 Å². The SMILES string of the molecule is c1cn2ncc(-c3nccc(N[C@@H]4CCCNC4)n3)c2cn1. The van der Waals surface area contributed by atoms with Crippen LogP contribution in [0.25, 0.3) is 16.9 Å². The molecule has 7 nitrogen and oxygen atoms in total. The van der Waals surface area contributed by atoms with Crippen molar-refractivity contribution >= 4 is 11.3 Å². The van der Waals surface area contributed by atoms with Gasteiger partial charge in [-0.05, 0) is 25.5 Å². The molecule has 1 aliphatic heterocycles. The third-order valence-electron chi connectivity index (χ3n) is 3.87. The average Bonchev–Trinajstić information content (AvgIpc) is 3.00. The van der Waals surface area contributed by atoms with Crippen LogP contribution < -0.4 is 10.6 Å². The number of hydrogen-bond donors (Lipinski definition) is 2. The zero-order valence-electron chi connectivity index (χ0n) is 12.1. The highest BCUT2D eigenvalue weighted by molar-refractivity contribution is 5.75. The minimum absolute atomic E-state index is 0.419. The fourth-order valence-electron chi connectivity index (χ4n) is 2.76. The van der Waals surface area contributed by atoms with Gasteiger partial charge in [0.15, 0.2) is 5.82 Å². The molecule has 3 aromatic heterocycles. The van der Waals surface area contributed by atoms with Crippen molar-refractivity contribution in [2.45, 2.75) is 18.9 Å². The first kappa shape index (κ1) is 13.1. The first-order valence-corrected chi connectivity index (χ1v) is 7.48. The lowest BCUT2D eigenvalue weighted by Crippen LogP contribution is -2.38. The molecule has 0 bridgehead atoms. The Morgan fingerprint density at radius 2 is 2.27 bits per heavy atom. The average molecular weight is 295 g/mol. The van der Waals surface area contributed by atoms with E-state index in [4.69, 9.17) is 0 Å². The van der Waals surface area contributed by atoms with Crippen molar-refractivity contribution in [3.8, 4) is 11.4 Å². The van der Waals surface area contributed by atoms with Gasteiger partial charge in [-0.15, -0.1) is 0 Å². The van der Waals surface area contributed by atoms with E-state index in [0.29, 0.717) is 11.9 Å². The van der Waals surface area contributed by atoms with E-state index < -0.39 is 0 Å². The molecule has 1 fully saturated rings. The van der Waals surface area contributed by atoms with Crippen molar-refractivity contribution in [1.29, 1.82) is 0 Å². The number of piperidine rings is 1. The Kier molecular flexibility index (Phi) is 3.40. The molecule has 1 aliphatic rings. The predicted molar refractivity (Wildman–Crippen MR) is 83.5 cm³/mol. The number of rotatable bonds is 3. The molecule has 3 aromatic rings. The maximum Gasteiger partial charge on any atom is 0.165 e. The number of nitrogens with zero attached hydrogens (tertiary/aromatic N) is 5. The Hall–Kier alpha value is -2.54. The predicted octanol–water partition coefficient (Wildman–Crippen LogP) is 1.35. The van der Waals surface area contributed by atoms with Gasteiger partial charge in [0, 0.05) is 31.2 Å². The monoisotopic (exact) mass is 295 g/mol. The van der Waals surface area contributed by atoms with Gasteiger partial charge in [0.2, 0.25) is 0 Å². The van der Waals surface area contributed by atoms with Crippen molar-refractivity contribution in [2.75, 3.05) is 18.4 Å². The Morgan fingerprint density at radius 3 is 3.18 bits per heavy atom. The summed E-state index contributed by atoms with van der Waals surface area (Å²) in [6, 6.07) is 2.32. The van der Waals surface area contributed by atoms with Crippen LogP contribution in [0.5, 0.6) is 0 Å². The molecule has 4 heterocycles. The molecule has 2 N–H and O–H groups in total. The highest BCUT2D eigenvalue weighted by Gasteiger charge is 2.14. The molecule has 1 saturated heterocycles. The van der Waals surface area contributed by atoms with E-state index in [9.17, 15) is 0 Å². The summed E-state index contributed by atoms with van der Waals surface area (Å²) in [7, 11) is 0. The molecule has 0 radical (unpaired) electrons. The molecular weight excluding hydrogens is 278 g/mol. The summed E-state index contributed by atoms with van der Waals surface area (Å²) < 4.78 is 1.77. The van der Waals surface area contributed by atoms with Gasteiger partial charge in [-0.1, -0.05) is 0 Å². The molecule has 0 aromatic carbocycles. The first-order chi connectivity index (χ1) is 10.9. The van der Waals surface area contributed by atoms with Crippen LogP contribution in [0.4, 0.5) is 5.82 Å². The zero-order valence-corrected chi connectivity index (χ0v) is 12.1. The largest absolute Gasteiger partial charge is 0.366 e. The van der Waals surface area contributed by atoms with E-state index in [1.54, 1.807) is 29.3 Å². The van der Waals surface area contributed by atoms with E-state index in [1.807, 2.05) is 12.3 Å². The third-order valence-corrected chi connectivity index (χ3v) is 3.87. The van der Waals surface area contributed by atoms with Crippen LogP contribution in [0.2, 0.25) is 0 Å². The highest BCUT2D eigenvalue weighted by Crippen LogP contribution is 2.21. The minimum atomic E-state index is 0.419. The summed E-state index contributed by atoms with van der Waals surface area (Å²) in [6.07, 6.45) is 11.2. The Balaban J connectivity index is 1.63. The van der Waals surface area contributed by atoms with Gasteiger partial charge in [0.05, 0.1) is 23.5 Å². The second-order valence-electron chi connectivity index (χ2n) is 5.42. The van der Waals surface area contributed by atoms with Crippen molar-refractivity contribution in [3.05, 3.63) is 37.1 Å². The lowest BCUT2D eigenvalue weighted by atomic mass is 10.1. The van der Waals surface area contributed by atoms with Crippen LogP contribution >= 0.6 is 0 Å². The Bertz CT molecular complexity index is 776. The summed E-state index contributed by atoms with van der Waals surface area (Å²) in [5, 5.41) is 11.2. The van der Waals surface area contributed by atoms with E-state index in [1.165, 1.54) is 6.42 Å². The number of hydrogen-bond acceptors (Lipinski definition) is 6. The maximum atomic E-state index is 4.63. The van der Waals surface area contributed by atoms with Crippen LogP contribution in [-0.4, -0.2) is 43.7 Å². The fourth-order valence-corrected chi connectivity index (χ4v) is 2.76. The van der Waals surface area contributed by atoms with Gasteiger partial charge in [-0.25, -0.2) is 14.5 Å². The molecule has 0 amide bonds. The lowest BCUT2D eigenvalue weighted by molar-refractivity contribution is 0.479. The molecule has 112 valence electrons. The van der Waals surface area contributed by atoms with Gasteiger partial charge in [-0.2, -0.15) is 5.10 Å². The van der Waals surface area contributed by atoms with Gasteiger partial charge < -0.3 is 10.6 Å². The summed E-state index contributed by atoms with van der Waals surface area (Å²) in [4.78, 5) is 13.2. The Morgan fingerprint density at radius 1 is 1.27 bits per heavy atom. The fraction of sp³-hybridized carbons (Fsp3) is 0.333. The van der Waals surface area contributed by atoms with Crippen molar-refractivity contribution < 1.29 is 0 Å². The van der Waals surface area contributed by atoms with Crippen molar-refractivity contribution in [2.24, 2.45) is 0 Å². The smallest absolute Gasteiger partial charge is 0.165 e. The molecule has 22 heavy (non-hydrogen) atoms. The molecule has 0 saturated carbocycles. The molecule has 0 aliphatic carbocycles. The van der Waals surface area contributed by atoms with Gasteiger partial charge in [0.1, 0.15) is 5.82 Å². The van der Waals surface area contributed by atoms with E-state index in [0.717, 1.165) is 36.4 Å². The second-order valence-corrected chi connectivity index (χ2v) is 5.42. The molecular formula is C15H17N7. The topological polar surface area (TPSA) is 80.0 Å². The van der Waals surface area contributed by atoms with E-state index >= 15 is 0 Å². The molecule has 1 atom stereocenters. The number of aromatic nitrogens is 5. The van der Waals surface area contributed by atoms with Crippen LogP contribution in [0.15, 0.2) is 37.1 Å². The van der Waals surface area contributed by atoms with E-state index in [-0.39, 0.29) is 0 Å². The first-order valence-electron chi connectivity index (χ1n) is 7.48. The minimum Gasteiger partial charge on any atom is -0.366 e. The van der Waals surface area contributed by atoms with Crippen molar-refractivity contribution in [1.82, 2.24) is 29.9 Å². The molecule has 0 spiro atoms. The third kappa shape index (κ3) is 2.50. The zero-order chi connectivity index (χ0) is 14.8. The summed E-state index contributed by atoms with van der Waals surface area (Å²) in [6.45, 7) is 2.07. The summed E-state index contributed by atoms with van der Waals surface area (Å²) in [5.74, 6) is 1.51. The van der Waals surface area contributed by atoms with Gasteiger partial charge in [-0.3, -0.25) is 4.98 Å². The van der Waals surface area contributed by atoms with Crippen LogP contribution in [-0.2, 0) is 0 Å².